The molecule has 3 rings (SSSR count). The number of hydrogen-bond donors (Lipinski definition) is 1. The number of pyridine rings is 1. The topological polar surface area (TPSA) is 86.8 Å². The van der Waals surface area contributed by atoms with Gasteiger partial charge in [-0.05, 0) is 24.3 Å². The van der Waals surface area contributed by atoms with Crippen LogP contribution in [0.25, 0.3) is 10.9 Å². The average Bonchev–Trinajstić information content (AvgIpc) is 2.71. The maximum atomic E-state index is 12.2. The van der Waals surface area contributed by atoms with E-state index in [4.69, 9.17) is 14.2 Å². The minimum atomic E-state index is -0.577. The summed E-state index contributed by atoms with van der Waals surface area (Å²) in [4.78, 5) is 28.3. The number of hydrogen-bond acceptors (Lipinski definition) is 6. The van der Waals surface area contributed by atoms with E-state index in [1.807, 2.05) is 6.07 Å². The van der Waals surface area contributed by atoms with Gasteiger partial charge >= 0.3 is 5.97 Å². The van der Waals surface area contributed by atoms with Crippen molar-refractivity contribution >= 4 is 28.5 Å². The molecule has 0 radical (unpaired) electrons. The molecular formula is C20H18N2O5. The molecule has 1 aromatic heterocycles. The minimum Gasteiger partial charge on any atom is -0.497 e. The fraction of sp³-hybridized carbons (Fsp3) is 0.150. The molecule has 1 heterocycles. The van der Waals surface area contributed by atoms with E-state index in [9.17, 15) is 9.59 Å². The van der Waals surface area contributed by atoms with Crippen molar-refractivity contribution in [1.82, 2.24) is 4.98 Å². The van der Waals surface area contributed by atoms with Crippen molar-refractivity contribution in [2.75, 3.05) is 26.1 Å². The highest BCUT2D eigenvalue weighted by Crippen LogP contribution is 2.26. The molecule has 0 aliphatic rings. The van der Waals surface area contributed by atoms with Crippen molar-refractivity contribution < 1.29 is 23.8 Å². The molecule has 0 saturated carbocycles. The Morgan fingerprint density at radius 3 is 2.63 bits per heavy atom. The first-order chi connectivity index (χ1) is 13.1. The second-order valence-electron chi connectivity index (χ2n) is 5.58. The molecule has 0 aliphatic heterocycles. The number of nitrogens with zero attached hydrogens (tertiary/aromatic N) is 1. The third-order valence-electron chi connectivity index (χ3n) is 3.79. The molecule has 0 bridgehead atoms. The Bertz CT molecular complexity index is 987. The lowest BCUT2D eigenvalue weighted by Gasteiger charge is -2.11. The van der Waals surface area contributed by atoms with Gasteiger partial charge in [0.1, 0.15) is 11.5 Å². The van der Waals surface area contributed by atoms with E-state index < -0.39 is 5.97 Å². The summed E-state index contributed by atoms with van der Waals surface area (Å²) in [5.41, 5.74) is 1.28. The van der Waals surface area contributed by atoms with Crippen molar-refractivity contribution in [2.24, 2.45) is 0 Å². The van der Waals surface area contributed by atoms with Crippen molar-refractivity contribution in [1.29, 1.82) is 0 Å². The molecule has 0 aliphatic carbocycles. The Morgan fingerprint density at radius 2 is 1.85 bits per heavy atom. The standard InChI is InChI=1S/C20H18N2O5/c1-25-14-7-5-6-13(10-14)21-19(23)12-27-18-11-17(20(24)26-2)22-16-9-4-3-8-15(16)18/h3-11H,12H2,1-2H3,(H,21,23). The van der Waals surface area contributed by atoms with Crippen molar-refractivity contribution in [3.63, 3.8) is 0 Å². The van der Waals surface area contributed by atoms with Gasteiger partial charge in [-0.3, -0.25) is 4.79 Å². The number of ether oxygens (including phenoxy) is 3. The van der Waals surface area contributed by atoms with Gasteiger partial charge in [0.2, 0.25) is 0 Å². The van der Waals surface area contributed by atoms with Crippen LogP contribution in [0.3, 0.4) is 0 Å². The van der Waals surface area contributed by atoms with Crippen LogP contribution in [0.15, 0.2) is 54.6 Å². The number of methoxy groups -OCH3 is 2. The molecule has 7 nitrogen and oxygen atoms in total. The van der Waals surface area contributed by atoms with Gasteiger partial charge in [0.05, 0.1) is 19.7 Å². The Kier molecular flexibility index (Phi) is 5.51. The number of esters is 1. The zero-order chi connectivity index (χ0) is 19.2. The summed E-state index contributed by atoms with van der Waals surface area (Å²) in [6, 6.07) is 15.7. The summed E-state index contributed by atoms with van der Waals surface area (Å²) in [6.45, 7) is -0.230. The van der Waals surface area contributed by atoms with Gasteiger partial charge in [0.25, 0.3) is 5.91 Å². The highest BCUT2D eigenvalue weighted by molar-refractivity contribution is 5.95. The lowest BCUT2D eigenvalue weighted by atomic mass is 10.2. The molecule has 0 spiro atoms. The highest BCUT2D eigenvalue weighted by atomic mass is 16.5. The molecule has 2 aromatic carbocycles. The number of rotatable bonds is 6. The number of carbonyl (C=O) groups excluding carboxylic acids is 2. The molecule has 3 aromatic rings. The molecule has 138 valence electrons. The van der Waals surface area contributed by atoms with E-state index in [2.05, 4.69) is 10.3 Å². The Labute approximate surface area is 155 Å². The van der Waals surface area contributed by atoms with Crippen LogP contribution >= 0.6 is 0 Å². The van der Waals surface area contributed by atoms with E-state index in [0.29, 0.717) is 28.1 Å². The van der Waals surface area contributed by atoms with Gasteiger partial charge in [-0.1, -0.05) is 18.2 Å². The van der Waals surface area contributed by atoms with Crippen LogP contribution in [0.2, 0.25) is 0 Å². The quantitative estimate of drug-likeness (QED) is 0.675. The second-order valence-corrected chi connectivity index (χ2v) is 5.58. The van der Waals surface area contributed by atoms with Gasteiger partial charge < -0.3 is 19.5 Å². The molecule has 27 heavy (non-hydrogen) atoms. The van der Waals surface area contributed by atoms with E-state index >= 15 is 0 Å². The number of para-hydroxylation sites is 1. The normalized spacial score (nSPS) is 10.3. The third kappa shape index (κ3) is 4.33. The fourth-order valence-corrected chi connectivity index (χ4v) is 2.51. The summed E-state index contributed by atoms with van der Waals surface area (Å²) >= 11 is 0. The summed E-state index contributed by atoms with van der Waals surface area (Å²) < 4.78 is 15.5. The monoisotopic (exact) mass is 366 g/mol. The van der Waals surface area contributed by atoms with Crippen molar-refractivity contribution in [3.8, 4) is 11.5 Å². The molecule has 0 saturated heterocycles. The Balaban J connectivity index is 1.77. The van der Waals surface area contributed by atoms with Crippen LogP contribution in [0.1, 0.15) is 10.5 Å². The number of amides is 1. The van der Waals surface area contributed by atoms with Crippen LogP contribution in [0.4, 0.5) is 5.69 Å². The van der Waals surface area contributed by atoms with Crippen LogP contribution in [0.5, 0.6) is 11.5 Å². The van der Waals surface area contributed by atoms with Gasteiger partial charge in [0.15, 0.2) is 12.3 Å². The molecular weight excluding hydrogens is 348 g/mol. The van der Waals surface area contributed by atoms with Gasteiger partial charge in [-0.2, -0.15) is 0 Å². The molecule has 1 N–H and O–H groups in total. The smallest absolute Gasteiger partial charge is 0.356 e. The number of benzene rings is 2. The fourth-order valence-electron chi connectivity index (χ4n) is 2.51. The lowest BCUT2D eigenvalue weighted by molar-refractivity contribution is -0.118. The molecule has 0 fully saturated rings. The predicted molar refractivity (Wildman–Crippen MR) is 100 cm³/mol. The molecule has 0 atom stereocenters. The minimum absolute atomic E-state index is 0.111. The average molecular weight is 366 g/mol. The Morgan fingerprint density at radius 1 is 1.04 bits per heavy atom. The largest absolute Gasteiger partial charge is 0.497 e. The number of anilines is 1. The van der Waals surface area contributed by atoms with Crippen LogP contribution in [0, 0.1) is 0 Å². The first-order valence-corrected chi connectivity index (χ1v) is 8.15. The van der Waals surface area contributed by atoms with Gasteiger partial charge in [0, 0.05) is 23.2 Å². The lowest BCUT2D eigenvalue weighted by Crippen LogP contribution is -2.20. The second kappa shape index (κ2) is 8.18. The predicted octanol–water partition coefficient (Wildman–Crippen LogP) is 3.05. The van der Waals surface area contributed by atoms with Crippen LogP contribution < -0.4 is 14.8 Å². The summed E-state index contributed by atoms with van der Waals surface area (Å²) in [5, 5.41) is 3.43. The molecule has 7 heteroatoms. The number of nitrogens with one attached hydrogen (secondary N) is 1. The van der Waals surface area contributed by atoms with Crippen molar-refractivity contribution in [2.45, 2.75) is 0 Å². The zero-order valence-electron chi connectivity index (χ0n) is 14.9. The summed E-state index contributed by atoms with van der Waals surface area (Å²) in [7, 11) is 2.83. The number of carbonyl (C=O) groups is 2. The summed E-state index contributed by atoms with van der Waals surface area (Å²) in [5.74, 6) is 0.0913. The van der Waals surface area contributed by atoms with E-state index in [0.717, 1.165) is 0 Å². The number of fused-ring (bicyclic) bond motifs is 1. The summed E-state index contributed by atoms with van der Waals surface area (Å²) in [6.07, 6.45) is 0. The third-order valence-corrected chi connectivity index (χ3v) is 3.79. The van der Waals surface area contributed by atoms with E-state index in [1.54, 1.807) is 49.6 Å². The molecule has 1 amide bonds. The first-order valence-electron chi connectivity index (χ1n) is 8.15. The zero-order valence-corrected chi connectivity index (χ0v) is 14.9. The number of aromatic nitrogens is 1. The maximum absolute atomic E-state index is 12.2. The molecule has 0 unspecified atom stereocenters. The van der Waals surface area contributed by atoms with Crippen LogP contribution in [-0.4, -0.2) is 37.7 Å². The highest BCUT2D eigenvalue weighted by Gasteiger charge is 2.14. The van der Waals surface area contributed by atoms with E-state index in [-0.39, 0.29) is 18.2 Å². The van der Waals surface area contributed by atoms with Crippen molar-refractivity contribution in [3.05, 3.63) is 60.3 Å². The van der Waals surface area contributed by atoms with Gasteiger partial charge in [-0.25, -0.2) is 9.78 Å². The Hall–Kier alpha value is -3.61. The maximum Gasteiger partial charge on any atom is 0.356 e. The first kappa shape index (κ1) is 18.2. The van der Waals surface area contributed by atoms with E-state index in [1.165, 1.54) is 13.2 Å². The van der Waals surface area contributed by atoms with Crippen LogP contribution in [-0.2, 0) is 9.53 Å². The van der Waals surface area contributed by atoms with Gasteiger partial charge in [-0.15, -0.1) is 0 Å². The SMILES string of the molecule is COC(=O)c1cc(OCC(=O)Nc2cccc(OC)c2)c2ccccc2n1.